The van der Waals surface area contributed by atoms with E-state index in [2.05, 4.69) is 12.2 Å². The van der Waals surface area contributed by atoms with Crippen LogP contribution in [0.25, 0.3) is 0 Å². The molecule has 1 aromatic carbocycles. The second-order valence-corrected chi connectivity index (χ2v) is 7.76. The highest BCUT2D eigenvalue weighted by Gasteiger charge is 2.27. The van der Waals surface area contributed by atoms with Gasteiger partial charge in [-0.2, -0.15) is 0 Å². The summed E-state index contributed by atoms with van der Waals surface area (Å²) >= 11 is 0. The maximum Gasteiger partial charge on any atom is 0.309 e. The van der Waals surface area contributed by atoms with Gasteiger partial charge in [-0.05, 0) is 37.7 Å². The normalized spacial score (nSPS) is 18.4. The molecule has 0 radical (unpaired) electrons. The van der Waals surface area contributed by atoms with Crippen LogP contribution in [0.3, 0.4) is 0 Å². The van der Waals surface area contributed by atoms with Gasteiger partial charge < -0.3 is 24.3 Å². The number of carbonyl (C=O) groups is 2. The summed E-state index contributed by atoms with van der Waals surface area (Å²) in [6.07, 6.45) is 7.59. The molecule has 1 N–H and O–H groups in total. The Labute approximate surface area is 179 Å². The van der Waals surface area contributed by atoms with Crippen molar-refractivity contribution in [3.63, 3.8) is 0 Å². The summed E-state index contributed by atoms with van der Waals surface area (Å²) < 4.78 is 21.2. The average molecular weight is 422 g/mol. The fourth-order valence-corrected chi connectivity index (χ4v) is 3.91. The van der Waals surface area contributed by atoms with Crippen LogP contribution in [0, 0.1) is 11.8 Å². The minimum absolute atomic E-state index is 0.0818. The molecule has 0 heterocycles. The molecule has 1 saturated carbocycles. The van der Waals surface area contributed by atoms with Crippen molar-refractivity contribution in [2.45, 2.75) is 58.4 Å². The van der Waals surface area contributed by atoms with Gasteiger partial charge in [0.05, 0.1) is 27.2 Å². The van der Waals surface area contributed by atoms with Crippen LogP contribution in [0.2, 0.25) is 0 Å². The van der Waals surface area contributed by atoms with Crippen molar-refractivity contribution in [1.29, 1.82) is 0 Å². The van der Waals surface area contributed by atoms with Crippen LogP contribution >= 0.6 is 0 Å². The number of nitrogens with one attached hydrogen (secondary N) is 1. The van der Waals surface area contributed by atoms with Crippen molar-refractivity contribution in [3.05, 3.63) is 17.7 Å². The van der Waals surface area contributed by atoms with Gasteiger partial charge in [0, 0.05) is 18.2 Å². The summed E-state index contributed by atoms with van der Waals surface area (Å²) in [5.41, 5.74) is 0.736. The van der Waals surface area contributed by atoms with E-state index in [1.807, 2.05) is 0 Å². The molecule has 0 aliphatic heterocycles. The number of hydrogen-bond acceptors (Lipinski definition) is 6. The lowest BCUT2D eigenvalue weighted by Crippen LogP contribution is -2.31. The maximum atomic E-state index is 12.3. The Hall–Kier alpha value is -2.44. The molecular weight excluding hydrogens is 386 g/mol. The zero-order valence-electron chi connectivity index (χ0n) is 18.6. The summed E-state index contributed by atoms with van der Waals surface area (Å²) in [6, 6.07) is 3.46. The van der Waals surface area contributed by atoms with Crippen LogP contribution in [-0.2, 0) is 20.9 Å². The number of carbonyl (C=O) groups excluding carboxylic acids is 2. The number of hydrogen-bond donors (Lipinski definition) is 1. The van der Waals surface area contributed by atoms with Gasteiger partial charge in [0.25, 0.3) is 5.91 Å². The topological polar surface area (TPSA) is 83.1 Å². The number of ether oxygens (including phenoxy) is 4. The standard InChI is InChI=1S/C23H35NO6/c1-5-6-7-16-8-10-17(11-9-16)23(26)30-15-22(25)24-14-18-12-20(28-3)21(29-4)13-19(18)27-2/h12-13,16-17H,5-11,14-15H2,1-4H3,(H,24,25). The van der Waals surface area contributed by atoms with Gasteiger partial charge in [-0.15, -0.1) is 0 Å². The summed E-state index contributed by atoms with van der Waals surface area (Å²) in [5.74, 6) is 1.70. The second kappa shape index (κ2) is 12.3. The molecule has 1 aliphatic rings. The smallest absolute Gasteiger partial charge is 0.309 e. The monoisotopic (exact) mass is 421 g/mol. The minimum Gasteiger partial charge on any atom is -0.496 e. The second-order valence-electron chi connectivity index (χ2n) is 7.76. The lowest BCUT2D eigenvalue weighted by atomic mass is 9.80. The summed E-state index contributed by atoms with van der Waals surface area (Å²) in [5, 5.41) is 2.76. The fourth-order valence-electron chi connectivity index (χ4n) is 3.91. The van der Waals surface area contributed by atoms with E-state index >= 15 is 0 Å². The molecule has 7 nitrogen and oxygen atoms in total. The van der Waals surface area contributed by atoms with Crippen LogP contribution in [0.1, 0.15) is 57.4 Å². The predicted molar refractivity (Wildman–Crippen MR) is 114 cm³/mol. The third-order valence-electron chi connectivity index (χ3n) is 5.75. The van der Waals surface area contributed by atoms with Gasteiger partial charge >= 0.3 is 5.97 Å². The largest absolute Gasteiger partial charge is 0.496 e. The van der Waals surface area contributed by atoms with Gasteiger partial charge in [-0.1, -0.05) is 26.2 Å². The van der Waals surface area contributed by atoms with Gasteiger partial charge in [-0.25, -0.2) is 0 Å². The van der Waals surface area contributed by atoms with Gasteiger partial charge in [0.2, 0.25) is 0 Å². The quantitative estimate of drug-likeness (QED) is 0.546. The Morgan fingerprint density at radius 1 is 0.967 bits per heavy atom. The van der Waals surface area contributed by atoms with E-state index in [0.29, 0.717) is 17.2 Å². The molecule has 0 atom stereocenters. The Bertz CT molecular complexity index is 697. The van der Waals surface area contributed by atoms with Crippen LogP contribution in [0.15, 0.2) is 12.1 Å². The first kappa shape index (κ1) is 23.8. The molecule has 168 valence electrons. The van der Waals surface area contributed by atoms with E-state index in [9.17, 15) is 9.59 Å². The summed E-state index contributed by atoms with van der Waals surface area (Å²) in [6.45, 7) is 2.15. The van der Waals surface area contributed by atoms with Crippen molar-refractivity contribution < 1.29 is 28.5 Å². The lowest BCUT2D eigenvalue weighted by molar-refractivity contribution is -0.153. The Morgan fingerprint density at radius 2 is 1.60 bits per heavy atom. The third kappa shape index (κ3) is 6.82. The van der Waals surface area contributed by atoms with Gasteiger partial charge in [0.15, 0.2) is 18.1 Å². The molecule has 1 aromatic rings. The molecule has 7 heteroatoms. The van der Waals surface area contributed by atoms with Crippen LogP contribution in [0.4, 0.5) is 0 Å². The molecule has 1 aliphatic carbocycles. The molecule has 1 amide bonds. The first-order valence-electron chi connectivity index (χ1n) is 10.7. The number of amides is 1. The Kier molecular flexibility index (Phi) is 9.77. The van der Waals surface area contributed by atoms with Crippen molar-refractivity contribution in [2.24, 2.45) is 11.8 Å². The highest BCUT2D eigenvalue weighted by molar-refractivity contribution is 5.81. The zero-order valence-corrected chi connectivity index (χ0v) is 18.6. The Balaban J connectivity index is 1.78. The summed E-state index contributed by atoms with van der Waals surface area (Å²) in [4.78, 5) is 24.5. The third-order valence-corrected chi connectivity index (χ3v) is 5.75. The molecule has 0 saturated heterocycles. The molecule has 0 bridgehead atoms. The minimum atomic E-state index is -0.350. The molecular formula is C23H35NO6. The highest BCUT2D eigenvalue weighted by atomic mass is 16.5. The van der Waals surface area contributed by atoms with E-state index in [-0.39, 0.29) is 30.9 Å². The molecule has 30 heavy (non-hydrogen) atoms. The maximum absolute atomic E-state index is 12.3. The van der Waals surface area contributed by atoms with E-state index in [4.69, 9.17) is 18.9 Å². The van der Waals surface area contributed by atoms with Gasteiger partial charge in [0.1, 0.15) is 5.75 Å². The van der Waals surface area contributed by atoms with E-state index in [0.717, 1.165) is 37.2 Å². The number of rotatable bonds is 11. The van der Waals surface area contributed by atoms with Crippen LogP contribution in [0.5, 0.6) is 17.2 Å². The highest BCUT2D eigenvalue weighted by Crippen LogP contribution is 2.35. The molecule has 0 unspecified atom stereocenters. The number of unbranched alkanes of at least 4 members (excludes halogenated alkanes) is 1. The van der Waals surface area contributed by atoms with Crippen molar-refractivity contribution >= 4 is 11.9 Å². The Morgan fingerprint density at radius 3 is 2.20 bits per heavy atom. The SMILES string of the molecule is CCCCC1CCC(C(=O)OCC(=O)NCc2cc(OC)c(OC)cc2OC)CC1. The van der Waals surface area contributed by atoms with E-state index in [1.54, 1.807) is 33.5 Å². The summed E-state index contributed by atoms with van der Waals surface area (Å²) in [7, 11) is 4.64. The molecule has 1 fully saturated rings. The predicted octanol–water partition coefficient (Wildman–Crippen LogP) is 3.87. The zero-order chi connectivity index (χ0) is 21.9. The van der Waals surface area contributed by atoms with Crippen molar-refractivity contribution in [3.8, 4) is 17.2 Å². The van der Waals surface area contributed by atoms with Gasteiger partial charge in [-0.3, -0.25) is 9.59 Å². The van der Waals surface area contributed by atoms with Crippen molar-refractivity contribution in [2.75, 3.05) is 27.9 Å². The number of esters is 1. The number of methoxy groups -OCH3 is 3. The molecule has 0 aromatic heterocycles. The lowest BCUT2D eigenvalue weighted by Gasteiger charge is -2.27. The van der Waals surface area contributed by atoms with E-state index < -0.39 is 0 Å². The fraction of sp³-hybridized carbons (Fsp3) is 0.652. The first-order chi connectivity index (χ1) is 14.5. The average Bonchev–Trinajstić information content (AvgIpc) is 2.79. The van der Waals surface area contributed by atoms with Crippen molar-refractivity contribution in [1.82, 2.24) is 5.32 Å². The van der Waals surface area contributed by atoms with Crippen LogP contribution < -0.4 is 19.5 Å². The van der Waals surface area contributed by atoms with E-state index in [1.165, 1.54) is 19.3 Å². The number of benzene rings is 1. The molecule has 2 rings (SSSR count). The first-order valence-corrected chi connectivity index (χ1v) is 10.7. The molecule has 0 spiro atoms. The van der Waals surface area contributed by atoms with Crippen LogP contribution in [-0.4, -0.2) is 39.8 Å².